The lowest BCUT2D eigenvalue weighted by molar-refractivity contribution is -0.0820. The number of benzene rings is 1. The fourth-order valence-electron chi connectivity index (χ4n) is 1.28. The molecule has 1 aromatic carbocycles. The number of nitrogens with zero attached hydrogens (tertiary/aromatic N) is 1. The molecule has 0 spiro atoms. The molecule has 1 rings (SSSR count). The summed E-state index contributed by atoms with van der Waals surface area (Å²) in [7, 11) is 0. The molecule has 100 valence electrons. The van der Waals surface area contributed by atoms with Gasteiger partial charge in [0.2, 0.25) is 0 Å². The molecule has 0 aliphatic rings. The number of nitrogens with one attached hydrogen (secondary N) is 1. The topological polar surface area (TPSA) is 105 Å². The molecule has 0 aromatic heterocycles. The Morgan fingerprint density at radius 3 is 2.22 bits per heavy atom. The minimum absolute atomic E-state index is 0.728. The van der Waals surface area contributed by atoms with Crippen LogP contribution in [0.3, 0.4) is 0 Å². The van der Waals surface area contributed by atoms with E-state index in [9.17, 15) is 15.3 Å². The van der Waals surface area contributed by atoms with E-state index < -0.39 is 24.4 Å². The molecule has 4 atom stereocenters. The van der Waals surface area contributed by atoms with Crippen LogP contribution in [0.5, 0.6) is 0 Å². The quantitative estimate of drug-likeness (QED) is 0.349. The molecule has 0 fully saturated rings. The largest absolute Gasteiger partial charge is 0.391 e. The first-order valence-corrected chi connectivity index (χ1v) is 5.59. The van der Waals surface area contributed by atoms with Gasteiger partial charge in [0, 0.05) is 0 Å². The molecule has 0 unspecified atom stereocenters. The maximum absolute atomic E-state index is 9.50. The molecule has 0 saturated carbocycles. The highest BCUT2D eigenvalue weighted by Crippen LogP contribution is 2.06. The highest BCUT2D eigenvalue weighted by Gasteiger charge is 2.26. The van der Waals surface area contributed by atoms with E-state index in [0.717, 1.165) is 11.9 Å². The molecule has 18 heavy (non-hydrogen) atoms. The molecule has 0 amide bonds. The second kappa shape index (κ2) is 7.07. The van der Waals surface area contributed by atoms with E-state index >= 15 is 0 Å². The fraction of sp³-hybridized carbons (Fsp3) is 0.417. The zero-order valence-corrected chi connectivity index (χ0v) is 10.0. The van der Waals surface area contributed by atoms with Gasteiger partial charge in [-0.2, -0.15) is 5.10 Å². The number of rotatable bonds is 6. The minimum atomic E-state index is -1.49. The molecule has 0 saturated heterocycles. The summed E-state index contributed by atoms with van der Waals surface area (Å²) in [6.45, 7) is 1.32. The molecule has 0 heterocycles. The Morgan fingerprint density at radius 2 is 1.67 bits per heavy atom. The molecule has 6 nitrogen and oxygen atoms in total. The Morgan fingerprint density at radius 1 is 1.06 bits per heavy atom. The van der Waals surface area contributed by atoms with Crippen molar-refractivity contribution in [3.63, 3.8) is 0 Å². The number of hydrogen-bond donors (Lipinski definition) is 5. The molecule has 0 aliphatic heterocycles. The number of para-hydroxylation sites is 1. The van der Waals surface area contributed by atoms with Crippen LogP contribution in [0.15, 0.2) is 35.4 Å². The molecule has 0 radical (unpaired) electrons. The van der Waals surface area contributed by atoms with Gasteiger partial charge in [-0.05, 0) is 19.1 Å². The Hall–Kier alpha value is -1.47. The van der Waals surface area contributed by atoms with Crippen LogP contribution in [-0.2, 0) is 0 Å². The fourth-order valence-corrected chi connectivity index (χ4v) is 1.28. The van der Waals surface area contributed by atoms with Crippen molar-refractivity contribution < 1.29 is 20.4 Å². The van der Waals surface area contributed by atoms with Crippen LogP contribution in [0.4, 0.5) is 5.69 Å². The summed E-state index contributed by atoms with van der Waals surface area (Å²) >= 11 is 0. The average Bonchev–Trinajstić information content (AvgIpc) is 2.38. The van der Waals surface area contributed by atoms with Gasteiger partial charge in [-0.15, -0.1) is 0 Å². The normalized spacial score (nSPS) is 18.3. The average molecular weight is 254 g/mol. The van der Waals surface area contributed by atoms with Crippen LogP contribution in [-0.4, -0.2) is 51.1 Å². The Kier molecular flexibility index (Phi) is 5.73. The first kappa shape index (κ1) is 14.6. The van der Waals surface area contributed by atoms with Crippen LogP contribution >= 0.6 is 0 Å². The minimum Gasteiger partial charge on any atom is -0.391 e. The number of aliphatic hydroxyl groups excluding tert-OH is 4. The predicted octanol–water partition coefficient (Wildman–Crippen LogP) is -0.452. The van der Waals surface area contributed by atoms with Gasteiger partial charge in [0.15, 0.2) is 0 Å². The van der Waals surface area contributed by atoms with Crippen molar-refractivity contribution in [2.45, 2.75) is 31.3 Å². The predicted molar refractivity (Wildman–Crippen MR) is 68.3 cm³/mol. The smallest absolute Gasteiger partial charge is 0.119 e. The lowest BCUT2D eigenvalue weighted by Gasteiger charge is -2.22. The summed E-state index contributed by atoms with van der Waals surface area (Å²) < 4.78 is 0. The van der Waals surface area contributed by atoms with E-state index in [0.29, 0.717) is 0 Å². The highest BCUT2D eigenvalue weighted by molar-refractivity contribution is 5.65. The summed E-state index contributed by atoms with van der Waals surface area (Å²) in [6.07, 6.45) is -4.37. The number of hydrazone groups is 1. The molecule has 6 heteroatoms. The van der Waals surface area contributed by atoms with E-state index in [1.54, 1.807) is 12.1 Å². The van der Waals surface area contributed by atoms with E-state index in [-0.39, 0.29) is 0 Å². The van der Waals surface area contributed by atoms with Gasteiger partial charge in [0.25, 0.3) is 0 Å². The zero-order valence-electron chi connectivity index (χ0n) is 10.0. The second-order valence-electron chi connectivity index (χ2n) is 3.97. The molecule has 0 aliphatic carbocycles. The molecule has 0 bridgehead atoms. The molecular weight excluding hydrogens is 236 g/mol. The third-order valence-electron chi connectivity index (χ3n) is 2.39. The van der Waals surface area contributed by atoms with Gasteiger partial charge in [-0.1, -0.05) is 18.2 Å². The molecule has 5 N–H and O–H groups in total. The maximum atomic E-state index is 9.50. The van der Waals surface area contributed by atoms with E-state index in [2.05, 4.69) is 10.5 Å². The lowest BCUT2D eigenvalue weighted by Crippen LogP contribution is -2.44. The van der Waals surface area contributed by atoms with Gasteiger partial charge in [-0.3, -0.25) is 5.43 Å². The van der Waals surface area contributed by atoms with Gasteiger partial charge < -0.3 is 20.4 Å². The van der Waals surface area contributed by atoms with Crippen molar-refractivity contribution in [3.8, 4) is 0 Å². The summed E-state index contributed by atoms with van der Waals surface area (Å²) in [5.41, 5.74) is 3.38. The van der Waals surface area contributed by atoms with Crippen molar-refractivity contribution in [2.75, 3.05) is 5.43 Å². The Labute approximate surface area is 105 Å². The monoisotopic (exact) mass is 254 g/mol. The number of anilines is 1. The third kappa shape index (κ3) is 4.42. The summed E-state index contributed by atoms with van der Waals surface area (Å²) in [4.78, 5) is 0. The molecular formula is C12H18N2O4. The van der Waals surface area contributed by atoms with Gasteiger partial charge in [0.1, 0.15) is 18.3 Å². The van der Waals surface area contributed by atoms with Crippen LogP contribution in [0.2, 0.25) is 0 Å². The van der Waals surface area contributed by atoms with E-state index in [1.165, 1.54) is 6.92 Å². The van der Waals surface area contributed by atoms with Crippen LogP contribution < -0.4 is 5.43 Å². The van der Waals surface area contributed by atoms with Crippen LogP contribution in [0.1, 0.15) is 6.92 Å². The first-order chi connectivity index (χ1) is 8.52. The van der Waals surface area contributed by atoms with E-state index in [4.69, 9.17) is 5.11 Å². The standard InChI is InChI=1S/C12H18N2O4/c1-8(15)11(17)12(18)10(16)7-13-14-9-5-3-2-4-6-9/h2-8,10-12,14-18H,1H3/b13-7+/t8-,10+,11-,12+/m0/s1. The number of hydrogen-bond acceptors (Lipinski definition) is 6. The number of aliphatic hydroxyl groups is 4. The van der Waals surface area contributed by atoms with Crippen molar-refractivity contribution >= 4 is 11.9 Å². The highest BCUT2D eigenvalue weighted by atomic mass is 16.4. The van der Waals surface area contributed by atoms with Crippen molar-refractivity contribution in [3.05, 3.63) is 30.3 Å². The van der Waals surface area contributed by atoms with Crippen molar-refractivity contribution in [2.24, 2.45) is 5.10 Å². The maximum Gasteiger partial charge on any atom is 0.119 e. The summed E-state index contributed by atoms with van der Waals surface area (Å²) in [6, 6.07) is 9.06. The van der Waals surface area contributed by atoms with Gasteiger partial charge >= 0.3 is 0 Å². The zero-order chi connectivity index (χ0) is 13.5. The summed E-state index contributed by atoms with van der Waals surface area (Å²) in [5.74, 6) is 0. The molecule has 1 aromatic rings. The lowest BCUT2D eigenvalue weighted by atomic mass is 10.1. The first-order valence-electron chi connectivity index (χ1n) is 5.59. The summed E-state index contributed by atoms with van der Waals surface area (Å²) in [5, 5.41) is 41.1. The van der Waals surface area contributed by atoms with E-state index in [1.807, 2.05) is 18.2 Å². The van der Waals surface area contributed by atoms with Crippen molar-refractivity contribution in [1.29, 1.82) is 0 Å². The SMILES string of the molecule is C[C@H](O)[C@H](O)[C@H](O)[C@H](O)/C=N/Nc1ccccc1. The van der Waals surface area contributed by atoms with Crippen molar-refractivity contribution in [1.82, 2.24) is 0 Å². The Bertz CT molecular complexity index is 370. The van der Waals surface area contributed by atoms with Gasteiger partial charge in [0.05, 0.1) is 18.0 Å². The van der Waals surface area contributed by atoms with Crippen LogP contribution in [0.25, 0.3) is 0 Å². The van der Waals surface area contributed by atoms with Gasteiger partial charge in [-0.25, -0.2) is 0 Å². The Balaban J connectivity index is 2.47. The van der Waals surface area contributed by atoms with Crippen LogP contribution in [0, 0.1) is 0 Å². The third-order valence-corrected chi connectivity index (χ3v) is 2.39. The second-order valence-corrected chi connectivity index (χ2v) is 3.97.